The highest BCUT2D eigenvalue weighted by molar-refractivity contribution is 5.95. The Morgan fingerprint density at radius 1 is 0.972 bits per heavy atom. The third-order valence-corrected chi connectivity index (χ3v) is 7.12. The molecule has 1 heterocycles. The summed E-state index contributed by atoms with van der Waals surface area (Å²) in [5.41, 5.74) is 9.09. The first kappa shape index (κ1) is 29.6. The van der Waals surface area contributed by atoms with Gasteiger partial charge in [0.05, 0.1) is 6.54 Å². The number of anilines is 2. The van der Waals surface area contributed by atoms with E-state index in [1.165, 1.54) is 5.56 Å². The Balaban J connectivity index is 0.00000228. The number of hydrogen-bond acceptors (Lipinski definition) is 4. The van der Waals surface area contributed by atoms with Crippen molar-refractivity contribution >= 4 is 42.2 Å². The molecule has 0 saturated heterocycles. The van der Waals surface area contributed by atoms with Gasteiger partial charge in [0.15, 0.2) is 0 Å². The second-order valence-electron chi connectivity index (χ2n) is 9.47. The third kappa shape index (κ3) is 7.95. The number of aromatic nitrogens is 1. The zero-order valence-electron chi connectivity index (χ0n) is 20.9. The van der Waals surface area contributed by atoms with Crippen molar-refractivity contribution < 1.29 is 4.79 Å². The Hall–Kier alpha value is -2.60. The third-order valence-electron chi connectivity index (χ3n) is 7.12. The number of nitrogens with zero attached hydrogens (tertiary/aromatic N) is 2. The van der Waals surface area contributed by atoms with Crippen LogP contribution in [0.25, 0.3) is 0 Å². The van der Waals surface area contributed by atoms with E-state index in [1.54, 1.807) is 6.20 Å². The largest absolute Gasteiger partial charge is 0.366 e. The van der Waals surface area contributed by atoms with Crippen LogP contribution in [-0.4, -0.2) is 17.4 Å². The number of nitrogens with one attached hydrogen (secondary N) is 1. The molecule has 1 aliphatic rings. The van der Waals surface area contributed by atoms with E-state index in [4.69, 9.17) is 5.73 Å². The molecule has 5 nitrogen and oxygen atoms in total. The van der Waals surface area contributed by atoms with Crippen molar-refractivity contribution in [2.75, 3.05) is 16.8 Å². The molecular formula is C29H38Cl2N4O. The van der Waals surface area contributed by atoms with Crippen LogP contribution in [0.2, 0.25) is 0 Å². The van der Waals surface area contributed by atoms with Crippen LogP contribution in [-0.2, 0) is 17.9 Å². The van der Waals surface area contributed by atoms with Crippen molar-refractivity contribution in [3.8, 4) is 0 Å². The highest BCUT2D eigenvalue weighted by Crippen LogP contribution is 2.35. The van der Waals surface area contributed by atoms with Crippen LogP contribution in [0.15, 0.2) is 79.0 Å². The van der Waals surface area contributed by atoms with Gasteiger partial charge in [0, 0.05) is 30.4 Å². The molecule has 1 saturated carbocycles. The van der Waals surface area contributed by atoms with Crippen molar-refractivity contribution in [2.45, 2.75) is 45.7 Å². The average Bonchev–Trinajstić information content (AvgIpc) is 2.91. The van der Waals surface area contributed by atoms with Gasteiger partial charge in [-0.15, -0.1) is 24.8 Å². The van der Waals surface area contributed by atoms with E-state index in [9.17, 15) is 4.79 Å². The van der Waals surface area contributed by atoms with Gasteiger partial charge in [-0.2, -0.15) is 0 Å². The molecule has 3 aromatic rings. The van der Waals surface area contributed by atoms with E-state index in [2.05, 4.69) is 41.5 Å². The molecule has 1 aromatic heterocycles. The molecule has 0 spiro atoms. The molecule has 1 atom stereocenters. The number of rotatable bonds is 9. The molecule has 36 heavy (non-hydrogen) atoms. The highest BCUT2D eigenvalue weighted by atomic mass is 35.5. The standard InChI is InChI=1S/C29H36N4O.2ClH/c1-22(19-30)25-12-14-26(15-13-25)29(34)33(21-24-10-6-3-7-11-24)27-16-17-31-28(18-27)32-20-23-8-4-2-5-9-23;;/h2-11,16-18,22,25-26H,12-15,19-21,30H2,1H3,(H,31,32);2*1H. The van der Waals surface area contributed by atoms with Crippen LogP contribution in [0.4, 0.5) is 11.5 Å². The second-order valence-corrected chi connectivity index (χ2v) is 9.47. The van der Waals surface area contributed by atoms with Gasteiger partial charge < -0.3 is 16.0 Å². The maximum absolute atomic E-state index is 13.8. The topological polar surface area (TPSA) is 71.2 Å². The average molecular weight is 530 g/mol. The molecule has 0 aliphatic heterocycles. The summed E-state index contributed by atoms with van der Waals surface area (Å²) in [6.07, 6.45) is 5.81. The Kier molecular flexibility index (Phi) is 12.2. The predicted octanol–water partition coefficient (Wildman–Crippen LogP) is 6.47. The fourth-order valence-electron chi connectivity index (χ4n) is 4.88. The Morgan fingerprint density at radius 2 is 1.58 bits per heavy atom. The van der Waals surface area contributed by atoms with Gasteiger partial charge in [-0.05, 0) is 61.3 Å². The van der Waals surface area contributed by atoms with E-state index in [0.29, 0.717) is 24.9 Å². The van der Waals surface area contributed by atoms with Gasteiger partial charge >= 0.3 is 0 Å². The second kappa shape index (κ2) is 14.8. The molecule has 3 N–H and O–H groups in total. The normalized spacial score (nSPS) is 17.7. The van der Waals surface area contributed by atoms with E-state index >= 15 is 0 Å². The summed E-state index contributed by atoms with van der Waals surface area (Å²) < 4.78 is 0. The summed E-state index contributed by atoms with van der Waals surface area (Å²) >= 11 is 0. The van der Waals surface area contributed by atoms with Gasteiger partial charge in [0.25, 0.3) is 0 Å². The Morgan fingerprint density at radius 3 is 2.19 bits per heavy atom. The molecule has 1 fully saturated rings. The van der Waals surface area contributed by atoms with Crippen LogP contribution >= 0.6 is 24.8 Å². The molecular weight excluding hydrogens is 491 g/mol. The quantitative estimate of drug-likeness (QED) is 0.333. The first-order valence-corrected chi connectivity index (χ1v) is 12.4. The molecule has 1 unspecified atom stereocenters. The minimum atomic E-state index is 0. The molecule has 2 aromatic carbocycles. The van der Waals surface area contributed by atoms with Crippen LogP contribution in [0.5, 0.6) is 0 Å². The van der Waals surface area contributed by atoms with Crippen molar-refractivity contribution in [1.82, 2.24) is 4.98 Å². The summed E-state index contributed by atoms with van der Waals surface area (Å²) in [6, 6.07) is 24.4. The lowest BCUT2D eigenvalue weighted by Gasteiger charge is -2.34. The van der Waals surface area contributed by atoms with E-state index < -0.39 is 0 Å². The van der Waals surface area contributed by atoms with E-state index in [-0.39, 0.29) is 36.6 Å². The summed E-state index contributed by atoms with van der Waals surface area (Å²) in [6.45, 7) is 4.20. The Bertz CT molecular complexity index is 1040. The lowest BCUT2D eigenvalue weighted by Crippen LogP contribution is -2.38. The summed E-state index contributed by atoms with van der Waals surface area (Å²) in [5.74, 6) is 2.19. The minimum absolute atomic E-state index is 0. The zero-order chi connectivity index (χ0) is 23.8. The monoisotopic (exact) mass is 528 g/mol. The van der Waals surface area contributed by atoms with Crippen molar-refractivity contribution in [1.29, 1.82) is 0 Å². The minimum Gasteiger partial charge on any atom is -0.366 e. The van der Waals surface area contributed by atoms with Gasteiger partial charge in [-0.25, -0.2) is 4.98 Å². The number of amides is 1. The summed E-state index contributed by atoms with van der Waals surface area (Å²) in [4.78, 5) is 20.2. The number of carbonyl (C=O) groups excluding carboxylic acids is 1. The van der Waals surface area contributed by atoms with Crippen molar-refractivity contribution in [3.05, 3.63) is 90.1 Å². The molecule has 7 heteroatoms. The van der Waals surface area contributed by atoms with Crippen molar-refractivity contribution in [3.63, 3.8) is 0 Å². The molecule has 0 bridgehead atoms. The number of hydrogen-bond donors (Lipinski definition) is 2. The Labute approximate surface area is 227 Å². The number of nitrogens with two attached hydrogens (primary N) is 1. The smallest absolute Gasteiger partial charge is 0.230 e. The van der Waals surface area contributed by atoms with Gasteiger partial charge in [0.1, 0.15) is 5.82 Å². The fourth-order valence-corrected chi connectivity index (χ4v) is 4.88. The van der Waals surface area contributed by atoms with Gasteiger partial charge in [0.2, 0.25) is 5.91 Å². The van der Waals surface area contributed by atoms with E-state index in [0.717, 1.165) is 49.3 Å². The van der Waals surface area contributed by atoms with Crippen molar-refractivity contribution in [2.24, 2.45) is 23.5 Å². The maximum Gasteiger partial charge on any atom is 0.230 e. The van der Waals surface area contributed by atoms with Crippen LogP contribution in [0.3, 0.4) is 0 Å². The number of carbonyl (C=O) groups is 1. The lowest BCUT2D eigenvalue weighted by atomic mass is 9.76. The summed E-state index contributed by atoms with van der Waals surface area (Å²) in [7, 11) is 0. The van der Waals surface area contributed by atoms with Gasteiger partial charge in [-0.3, -0.25) is 4.79 Å². The number of pyridine rings is 1. The van der Waals surface area contributed by atoms with E-state index in [1.807, 2.05) is 53.4 Å². The fraction of sp³-hybridized carbons (Fsp3) is 0.379. The maximum atomic E-state index is 13.8. The summed E-state index contributed by atoms with van der Waals surface area (Å²) in [5, 5.41) is 3.40. The lowest BCUT2D eigenvalue weighted by molar-refractivity contribution is -0.123. The molecule has 1 aliphatic carbocycles. The molecule has 194 valence electrons. The SMILES string of the molecule is CC(CN)C1CCC(C(=O)N(Cc2ccccc2)c2ccnc(NCc3ccccc3)c2)CC1.Cl.Cl. The zero-order valence-corrected chi connectivity index (χ0v) is 22.5. The molecule has 1 amide bonds. The first-order valence-electron chi connectivity index (χ1n) is 12.4. The number of benzene rings is 2. The molecule has 0 radical (unpaired) electrons. The van der Waals surface area contributed by atoms with Crippen LogP contribution in [0.1, 0.15) is 43.7 Å². The predicted molar refractivity (Wildman–Crippen MR) is 154 cm³/mol. The van der Waals surface area contributed by atoms with Gasteiger partial charge in [-0.1, -0.05) is 67.6 Å². The first-order chi connectivity index (χ1) is 16.6. The number of halogens is 2. The van der Waals surface area contributed by atoms with Crippen LogP contribution < -0.4 is 16.0 Å². The van der Waals surface area contributed by atoms with Crippen LogP contribution in [0, 0.1) is 17.8 Å². The highest BCUT2D eigenvalue weighted by Gasteiger charge is 2.32. The molecule has 4 rings (SSSR count).